The minimum Gasteiger partial charge on any atom is -0.491 e. The second-order valence-corrected chi connectivity index (χ2v) is 5.72. The zero-order chi connectivity index (χ0) is 15.4. The smallest absolute Gasteiger partial charge is 0.210 e. The van der Waals surface area contributed by atoms with Crippen molar-refractivity contribution in [3.8, 4) is 5.75 Å². The molecular weight excluding hydrogens is 268 g/mol. The normalized spacial score (nSPS) is 20.7. The molecule has 1 aromatic rings. The average molecular weight is 292 g/mol. The summed E-state index contributed by atoms with van der Waals surface area (Å²) in [4.78, 5) is 13.0. The molecule has 2 atom stereocenters. The van der Waals surface area contributed by atoms with Gasteiger partial charge in [-0.05, 0) is 23.6 Å². The van der Waals surface area contributed by atoms with Gasteiger partial charge < -0.3 is 20.1 Å². The predicted octanol–water partition coefficient (Wildman–Crippen LogP) is 2.22. The molecule has 2 rings (SSSR count). The number of carbonyl (C=O) groups excluding carboxylic acids is 1. The summed E-state index contributed by atoms with van der Waals surface area (Å²) >= 11 is 0. The van der Waals surface area contributed by atoms with E-state index in [1.165, 1.54) is 0 Å². The van der Waals surface area contributed by atoms with Crippen molar-refractivity contribution in [3.63, 3.8) is 0 Å². The fourth-order valence-corrected chi connectivity index (χ4v) is 2.73. The van der Waals surface area contributed by atoms with E-state index in [0.717, 1.165) is 18.4 Å². The number of methoxy groups -OCH3 is 1. The summed E-state index contributed by atoms with van der Waals surface area (Å²) in [6.07, 6.45) is 1.74. The molecule has 1 saturated heterocycles. The molecule has 0 spiro atoms. The van der Waals surface area contributed by atoms with Gasteiger partial charge in [0.05, 0.1) is 24.4 Å². The van der Waals surface area contributed by atoms with Crippen molar-refractivity contribution < 1.29 is 14.3 Å². The van der Waals surface area contributed by atoms with Crippen molar-refractivity contribution in [3.05, 3.63) is 23.8 Å². The van der Waals surface area contributed by atoms with Gasteiger partial charge in [-0.1, -0.05) is 19.9 Å². The molecule has 2 N–H and O–H groups in total. The zero-order valence-electron chi connectivity index (χ0n) is 12.9. The van der Waals surface area contributed by atoms with Gasteiger partial charge in [-0.15, -0.1) is 0 Å². The SMILES string of the molecule is COCCCOc1cc(C2C(C(C)C)N2C=O)ccc1N. The third-order valence-corrected chi connectivity index (χ3v) is 3.83. The van der Waals surface area contributed by atoms with Crippen molar-refractivity contribution in [1.29, 1.82) is 0 Å². The van der Waals surface area contributed by atoms with E-state index in [1.807, 2.05) is 23.1 Å². The van der Waals surface area contributed by atoms with E-state index in [1.54, 1.807) is 7.11 Å². The van der Waals surface area contributed by atoms with Gasteiger partial charge in [0.2, 0.25) is 6.41 Å². The van der Waals surface area contributed by atoms with Gasteiger partial charge >= 0.3 is 0 Å². The predicted molar refractivity (Wildman–Crippen MR) is 82.1 cm³/mol. The molecule has 0 bridgehead atoms. The molecule has 0 aromatic heterocycles. The first-order chi connectivity index (χ1) is 10.1. The maximum Gasteiger partial charge on any atom is 0.210 e. The van der Waals surface area contributed by atoms with Crippen molar-refractivity contribution in [2.24, 2.45) is 5.92 Å². The van der Waals surface area contributed by atoms with Crippen molar-refractivity contribution in [2.75, 3.05) is 26.1 Å². The number of carbonyl (C=O) groups is 1. The molecule has 5 nitrogen and oxygen atoms in total. The van der Waals surface area contributed by atoms with Crippen LogP contribution in [0, 0.1) is 5.92 Å². The van der Waals surface area contributed by atoms with E-state index in [2.05, 4.69) is 13.8 Å². The summed E-state index contributed by atoms with van der Waals surface area (Å²) in [6.45, 7) is 5.48. The van der Waals surface area contributed by atoms with Crippen LogP contribution in [0.5, 0.6) is 5.75 Å². The summed E-state index contributed by atoms with van der Waals surface area (Å²) in [5.41, 5.74) is 7.65. The Labute approximate surface area is 126 Å². The topological polar surface area (TPSA) is 64.6 Å². The number of nitrogens with two attached hydrogens (primary N) is 1. The highest BCUT2D eigenvalue weighted by atomic mass is 16.5. The molecule has 1 aliphatic rings. The van der Waals surface area contributed by atoms with Gasteiger partial charge in [0.15, 0.2) is 0 Å². The molecule has 2 unspecified atom stereocenters. The van der Waals surface area contributed by atoms with Crippen LogP contribution < -0.4 is 10.5 Å². The first-order valence-electron chi connectivity index (χ1n) is 7.34. The number of amides is 1. The molecule has 1 aliphatic heterocycles. The highest BCUT2D eigenvalue weighted by Gasteiger charge is 2.49. The quantitative estimate of drug-likeness (QED) is 0.345. The van der Waals surface area contributed by atoms with Gasteiger partial charge in [0.1, 0.15) is 5.75 Å². The first kappa shape index (κ1) is 15.6. The lowest BCUT2D eigenvalue weighted by Crippen LogP contribution is -2.04. The van der Waals surface area contributed by atoms with Crippen molar-refractivity contribution >= 4 is 12.1 Å². The van der Waals surface area contributed by atoms with Gasteiger partial charge in [-0.2, -0.15) is 0 Å². The summed E-state index contributed by atoms with van der Waals surface area (Å²) in [6, 6.07) is 6.18. The lowest BCUT2D eigenvalue weighted by atomic mass is 10.0. The van der Waals surface area contributed by atoms with Gasteiger partial charge in [0, 0.05) is 20.1 Å². The van der Waals surface area contributed by atoms with E-state index in [-0.39, 0.29) is 12.1 Å². The minimum absolute atomic E-state index is 0.143. The van der Waals surface area contributed by atoms with Crippen molar-refractivity contribution in [2.45, 2.75) is 32.4 Å². The summed E-state index contributed by atoms with van der Waals surface area (Å²) in [5.74, 6) is 1.12. The fraction of sp³-hybridized carbons (Fsp3) is 0.562. The van der Waals surface area contributed by atoms with E-state index in [0.29, 0.717) is 30.6 Å². The van der Waals surface area contributed by atoms with Crippen LogP contribution in [0.1, 0.15) is 31.9 Å². The number of hydrogen-bond acceptors (Lipinski definition) is 4. The van der Waals surface area contributed by atoms with Crippen LogP contribution in [-0.4, -0.2) is 37.7 Å². The largest absolute Gasteiger partial charge is 0.491 e. The molecule has 21 heavy (non-hydrogen) atoms. The lowest BCUT2D eigenvalue weighted by Gasteiger charge is -2.10. The highest BCUT2D eigenvalue weighted by Crippen LogP contribution is 2.46. The van der Waals surface area contributed by atoms with Crippen LogP contribution in [0.4, 0.5) is 5.69 Å². The van der Waals surface area contributed by atoms with Gasteiger partial charge in [-0.25, -0.2) is 0 Å². The minimum atomic E-state index is 0.143. The number of hydrogen-bond donors (Lipinski definition) is 1. The average Bonchev–Trinajstić information content (AvgIpc) is 3.20. The molecule has 0 saturated carbocycles. The molecule has 1 amide bonds. The third-order valence-electron chi connectivity index (χ3n) is 3.83. The Morgan fingerprint density at radius 3 is 2.71 bits per heavy atom. The number of rotatable bonds is 8. The third kappa shape index (κ3) is 3.47. The summed E-state index contributed by atoms with van der Waals surface area (Å²) in [5, 5.41) is 0. The van der Waals surface area contributed by atoms with E-state index < -0.39 is 0 Å². The van der Waals surface area contributed by atoms with Crippen LogP contribution in [0.2, 0.25) is 0 Å². The van der Waals surface area contributed by atoms with Crippen LogP contribution in [0.15, 0.2) is 18.2 Å². The van der Waals surface area contributed by atoms with Crippen LogP contribution >= 0.6 is 0 Å². The zero-order valence-corrected chi connectivity index (χ0v) is 12.9. The molecule has 5 heteroatoms. The molecule has 0 radical (unpaired) electrons. The van der Waals surface area contributed by atoms with E-state index in [9.17, 15) is 4.79 Å². The van der Waals surface area contributed by atoms with E-state index >= 15 is 0 Å². The monoisotopic (exact) mass is 292 g/mol. The van der Waals surface area contributed by atoms with Crippen LogP contribution in [0.3, 0.4) is 0 Å². The van der Waals surface area contributed by atoms with Crippen molar-refractivity contribution in [1.82, 2.24) is 4.90 Å². The standard InChI is InChI=1S/C16H24N2O3/c1-11(2)15-16(18(15)10-19)12-5-6-13(17)14(9-12)21-8-4-7-20-3/h5-6,9-11,15-16H,4,7-8,17H2,1-3H3. The molecule has 0 aliphatic carbocycles. The maximum absolute atomic E-state index is 11.1. The van der Waals surface area contributed by atoms with Gasteiger partial charge in [0.25, 0.3) is 0 Å². The number of anilines is 1. The summed E-state index contributed by atoms with van der Waals surface area (Å²) < 4.78 is 10.7. The first-order valence-corrected chi connectivity index (χ1v) is 7.34. The Morgan fingerprint density at radius 1 is 1.38 bits per heavy atom. The number of nitrogen functional groups attached to an aromatic ring is 1. The highest BCUT2D eigenvalue weighted by molar-refractivity contribution is 5.60. The maximum atomic E-state index is 11.1. The second-order valence-electron chi connectivity index (χ2n) is 5.72. The summed E-state index contributed by atoms with van der Waals surface area (Å²) in [7, 11) is 1.67. The molecule has 1 fully saturated rings. The van der Waals surface area contributed by atoms with Gasteiger partial charge in [-0.3, -0.25) is 4.79 Å². The Hall–Kier alpha value is -1.75. The van der Waals surface area contributed by atoms with Crippen LogP contribution in [0.25, 0.3) is 0 Å². The number of ether oxygens (including phenoxy) is 2. The lowest BCUT2D eigenvalue weighted by molar-refractivity contribution is -0.114. The Bertz CT molecular complexity index is 490. The number of nitrogens with zero attached hydrogens (tertiary/aromatic N) is 1. The molecular formula is C16H24N2O3. The second kappa shape index (κ2) is 6.80. The Balaban J connectivity index is 2.06. The molecule has 1 aromatic carbocycles. The number of benzene rings is 1. The van der Waals surface area contributed by atoms with Crippen LogP contribution in [-0.2, 0) is 9.53 Å². The fourth-order valence-electron chi connectivity index (χ4n) is 2.73. The van der Waals surface area contributed by atoms with E-state index in [4.69, 9.17) is 15.2 Å². The molecule has 1 heterocycles. The Kier molecular flexibility index (Phi) is 5.07. The molecule has 116 valence electrons. The Morgan fingerprint density at radius 2 is 2.14 bits per heavy atom.